The van der Waals surface area contributed by atoms with Gasteiger partial charge in [0.15, 0.2) is 0 Å². The largest absolute Gasteiger partial charge is 0.490 e. The van der Waals surface area contributed by atoms with Crippen molar-refractivity contribution >= 4 is 22.8 Å². The van der Waals surface area contributed by atoms with Crippen molar-refractivity contribution in [1.82, 2.24) is 0 Å². The molecule has 2 aliphatic heterocycles. The van der Waals surface area contributed by atoms with Crippen molar-refractivity contribution in [3.8, 4) is 22.6 Å². The first-order valence-corrected chi connectivity index (χ1v) is 16.0. The van der Waals surface area contributed by atoms with E-state index in [2.05, 4.69) is 66.4 Å². The second kappa shape index (κ2) is 16.3. The molecule has 1 unspecified atom stereocenters. The highest BCUT2D eigenvalue weighted by molar-refractivity contribution is 7.85. The Hall–Kier alpha value is -3.16. The maximum atomic E-state index is 11.7. The van der Waals surface area contributed by atoms with Gasteiger partial charge in [-0.05, 0) is 96.8 Å². The number of ether oxygens (including phenoxy) is 3. The molecule has 41 heavy (non-hydrogen) atoms. The molecule has 0 aromatic heterocycles. The van der Waals surface area contributed by atoms with Crippen molar-refractivity contribution in [2.24, 2.45) is 0 Å². The first kappa shape index (κ1) is 32.4. The lowest BCUT2D eigenvalue weighted by molar-refractivity contribution is -0.107. The van der Waals surface area contributed by atoms with E-state index >= 15 is 0 Å². The summed E-state index contributed by atoms with van der Waals surface area (Å²) >= 11 is 0. The van der Waals surface area contributed by atoms with Crippen LogP contribution >= 0.6 is 0 Å². The van der Waals surface area contributed by atoms with E-state index in [-0.39, 0.29) is 12.1 Å². The average molecular weight is 580 g/mol. The van der Waals surface area contributed by atoms with Crippen LogP contribution in [0.2, 0.25) is 0 Å². The molecule has 0 spiro atoms. The van der Waals surface area contributed by atoms with Crippen molar-refractivity contribution in [1.29, 1.82) is 0 Å². The standard InChI is InChI=1S/C30H33NO4S.C2H6O.C2H6/c1-20-15-26(35-25-10-13-36(33)14-11-25)16-21(2)30(20)24-7-3-6-23(18-24)28-19-34-29-17-22(5-4-12-32)8-9-27(29)31-28;1-3-2;1-2/h3,6-9,12,15-18,25,28,31H,4-5,10-11,13-14,19H2,1-2H3;1-2H3;1-2H3. The summed E-state index contributed by atoms with van der Waals surface area (Å²) in [6.07, 6.45) is 4.07. The number of anilines is 1. The van der Waals surface area contributed by atoms with Gasteiger partial charge in [0, 0.05) is 42.9 Å². The molecule has 1 saturated heterocycles. The van der Waals surface area contributed by atoms with Crippen molar-refractivity contribution in [3.05, 3.63) is 76.9 Å². The number of rotatable bonds is 7. The Labute approximate surface area is 248 Å². The Bertz CT molecular complexity index is 1280. The van der Waals surface area contributed by atoms with Gasteiger partial charge < -0.3 is 24.3 Å². The van der Waals surface area contributed by atoms with Crippen LogP contribution in [0.4, 0.5) is 5.69 Å². The highest BCUT2D eigenvalue weighted by Gasteiger charge is 2.22. The molecular formula is C34H45NO5S. The molecule has 0 aliphatic carbocycles. The maximum absolute atomic E-state index is 11.7. The predicted octanol–water partition coefficient (Wildman–Crippen LogP) is 7.23. The molecule has 0 radical (unpaired) electrons. The molecular weight excluding hydrogens is 534 g/mol. The number of carbonyl (C=O) groups is 1. The zero-order valence-corrected chi connectivity index (χ0v) is 26.1. The van der Waals surface area contributed by atoms with Crippen LogP contribution in [-0.4, -0.2) is 48.9 Å². The average Bonchev–Trinajstić information content (AvgIpc) is 2.98. The van der Waals surface area contributed by atoms with Gasteiger partial charge in [-0.2, -0.15) is 0 Å². The molecule has 2 heterocycles. The smallest absolute Gasteiger partial charge is 0.142 e. The Morgan fingerprint density at radius 1 is 1.00 bits per heavy atom. The minimum Gasteiger partial charge on any atom is -0.490 e. The number of aldehydes is 1. The fourth-order valence-electron chi connectivity index (χ4n) is 5.21. The SMILES string of the molecule is CC.COC.Cc1cc(OC2CCS(=O)CC2)cc(C)c1-c1cccc(C2COc3cc(CCC=O)ccc3N2)c1. The van der Waals surface area contributed by atoms with E-state index in [1.54, 1.807) is 14.2 Å². The van der Waals surface area contributed by atoms with Gasteiger partial charge in [0.25, 0.3) is 0 Å². The molecule has 6 nitrogen and oxygen atoms in total. The predicted molar refractivity (Wildman–Crippen MR) is 170 cm³/mol. The molecule has 1 fully saturated rings. The van der Waals surface area contributed by atoms with E-state index in [9.17, 15) is 9.00 Å². The second-order valence-electron chi connectivity index (χ2n) is 10.2. The molecule has 2 aliphatic rings. The van der Waals surface area contributed by atoms with E-state index in [0.717, 1.165) is 59.8 Å². The topological polar surface area (TPSA) is 73.9 Å². The number of fused-ring (bicyclic) bond motifs is 1. The zero-order chi connectivity index (χ0) is 29.8. The molecule has 5 rings (SSSR count). The van der Waals surface area contributed by atoms with Gasteiger partial charge in [-0.25, -0.2) is 0 Å². The molecule has 3 aromatic carbocycles. The van der Waals surface area contributed by atoms with E-state index in [1.165, 1.54) is 27.8 Å². The van der Waals surface area contributed by atoms with E-state index < -0.39 is 10.8 Å². The molecule has 0 bridgehead atoms. The minimum absolute atomic E-state index is 0.0540. The number of aryl methyl sites for hydroxylation is 3. The molecule has 1 N–H and O–H groups in total. The number of carbonyl (C=O) groups excluding carboxylic acids is 1. The summed E-state index contributed by atoms with van der Waals surface area (Å²) < 4.78 is 28.3. The monoisotopic (exact) mass is 579 g/mol. The van der Waals surface area contributed by atoms with Crippen molar-refractivity contribution in [2.45, 2.75) is 65.5 Å². The highest BCUT2D eigenvalue weighted by Crippen LogP contribution is 2.37. The lowest BCUT2D eigenvalue weighted by Gasteiger charge is -2.28. The van der Waals surface area contributed by atoms with Crippen LogP contribution in [-0.2, 0) is 26.8 Å². The summed E-state index contributed by atoms with van der Waals surface area (Å²) in [6, 6.07) is 19.1. The third-order valence-corrected chi connectivity index (χ3v) is 8.44. The van der Waals surface area contributed by atoms with Crippen molar-refractivity contribution in [2.75, 3.05) is 37.6 Å². The quantitative estimate of drug-likeness (QED) is 0.298. The fraction of sp³-hybridized carbons (Fsp3) is 0.441. The van der Waals surface area contributed by atoms with Gasteiger partial charge in [-0.15, -0.1) is 0 Å². The Balaban J connectivity index is 0.000000868. The Kier molecular flexibility index (Phi) is 12.9. The van der Waals surface area contributed by atoms with Crippen LogP contribution in [0.3, 0.4) is 0 Å². The van der Waals surface area contributed by atoms with Gasteiger partial charge in [0.2, 0.25) is 0 Å². The van der Waals surface area contributed by atoms with E-state index in [0.29, 0.717) is 13.0 Å². The summed E-state index contributed by atoms with van der Waals surface area (Å²) in [5, 5.41) is 3.63. The Morgan fingerprint density at radius 3 is 2.34 bits per heavy atom. The first-order chi connectivity index (χ1) is 19.9. The summed E-state index contributed by atoms with van der Waals surface area (Å²) in [5.41, 5.74) is 8.04. The zero-order valence-electron chi connectivity index (χ0n) is 25.3. The summed E-state index contributed by atoms with van der Waals surface area (Å²) in [4.78, 5) is 10.7. The molecule has 3 aromatic rings. The lowest BCUT2D eigenvalue weighted by atomic mass is 9.92. The van der Waals surface area contributed by atoms with Crippen LogP contribution in [0, 0.1) is 13.8 Å². The van der Waals surface area contributed by atoms with E-state index in [1.807, 2.05) is 26.0 Å². The summed E-state index contributed by atoms with van der Waals surface area (Å²) in [5.74, 6) is 3.21. The van der Waals surface area contributed by atoms with Crippen LogP contribution in [0.5, 0.6) is 11.5 Å². The number of hydrogen-bond acceptors (Lipinski definition) is 6. The number of benzene rings is 3. The molecule has 0 amide bonds. The van der Waals surface area contributed by atoms with Gasteiger partial charge in [-0.1, -0.05) is 38.1 Å². The maximum Gasteiger partial charge on any atom is 0.142 e. The number of methoxy groups -OCH3 is 1. The molecule has 1 atom stereocenters. The van der Waals surface area contributed by atoms with E-state index in [4.69, 9.17) is 9.47 Å². The van der Waals surface area contributed by atoms with Gasteiger partial charge in [0.1, 0.15) is 30.5 Å². The molecule has 222 valence electrons. The number of hydrogen-bond donors (Lipinski definition) is 1. The van der Waals surface area contributed by atoms with Gasteiger partial charge in [0.05, 0.1) is 11.7 Å². The highest BCUT2D eigenvalue weighted by atomic mass is 32.2. The van der Waals surface area contributed by atoms with Crippen LogP contribution in [0.1, 0.15) is 61.4 Å². The van der Waals surface area contributed by atoms with Crippen molar-refractivity contribution < 1.29 is 23.2 Å². The van der Waals surface area contributed by atoms with Crippen molar-refractivity contribution in [3.63, 3.8) is 0 Å². The first-order valence-electron chi connectivity index (χ1n) is 14.5. The van der Waals surface area contributed by atoms with Crippen LogP contribution in [0.25, 0.3) is 11.1 Å². The van der Waals surface area contributed by atoms with Gasteiger partial charge in [-0.3, -0.25) is 4.21 Å². The molecule has 0 saturated carbocycles. The molecule has 7 heteroatoms. The van der Waals surface area contributed by atoms with Crippen LogP contribution < -0.4 is 14.8 Å². The third kappa shape index (κ3) is 8.91. The third-order valence-electron chi connectivity index (χ3n) is 7.05. The summed E-state index contributed by atoms with van der Waals surface area (Å²) in [6.45, 7) is 8.82. The fourth-order valence-corrected chi connectivity index (χ4v) is 6.46. The normalized spacial score (nSPS) is 19.1. The second-order valence-corrected chi connectivity index (χ2v) is 11.9. The van der Waals surface area contributed by atoms with Gasteiger partial charge >= 0.3 is 0 Å². The lowest BCUT2D eigenvalue weighted by Crippen LogP contribution is -2.27. The Morgan fingerprint density at radius 2 is 1.68 bits per heavy atom. The van der Waals surface area contributed by atoms with Crippen LogP contribution in [0.15, 0.2) is 54.6 Å². The number of nitrogens with one attached hydrogen (secondary N) is 1. The summed E-state index contributed by atoms with van der Waals surface area (Å²) in [7, 11) is 2.57. The minimum atomic E-state index is -0.681.